The number of nitrogens with one attached hydrogen (secondary N) is 2. The van der Waals surface area contributed by atoms with Gasteiger partial charge in [-0.2, -0.15) is 10.1 Å². The smallest absolute Gasteiger partial charge is 0.224 e. The van der Waals surface area contributed by atoms with Crippen LogP contribution >= 0.6 is 11.6 Å². The second-order valence-electron chi connectivity index (χ2n) is 3.91. The minimum atomic E-state index is 0.155. The molecule has 1 atom stereocenters. The van der Waals surface area contributed by atoms with Crippen molar-refractivity contribution in [3.8, 4) is 0 Å². The third-order valence-electron chi connectivity index (χ3n) is 2.37. The molecule has 0 spiro atoms. The maximum Gasteiger partial charge on any atom is 0.224 e. The molecular formula is C11H15ClN6. The van der Waals surface area contributed by atoms with E-state index in [4.69, 9.17) is 11.6 Å². The molecule has 7 heteroatoms. The molecule has 1 unspecified atom stereocenters. The lowest BCUT2D eigenvalue weighted by Crippen LogP contribution is -2.23. The van der Waals surface area contributed by atoms with Crippen molar-refractivity contribution < 1.29 is 0 Å². The van der Waals surface area contributed by atoms with Gasteiger partial charge >= 0.3 is 0 Å². The molecule has 0 fully saturated rings. The van der Waals surface area contributed by atoms with E-state index in [1.54, 1.807) is 19.4 Å². The van der Waals surface area contributed by atoms with Crippen molar-refractivity contribution in [3.63, 3.8) is 0 Å². The quantitative estimate of drug-likeness (QED) is 0.865. The minimum Gasteiger partial charge on any atom is -0.364 e. The fraction of sp³-hybridized carbons (Fsp3) is 0.364. The van der Waals surface area contributed by atoms with Crippen LogP contribution in [0.4, 0.5) is 11.8 Å². The minimum absolute atomic E-state index is 0.155. The van der Waals surface area contributed by atoms with Crippen LogP contribution in [-0.4, -0.2) is 32.8 Å². The lowest BCUT2D eigenvalue weighted by molar-refractivity contribution is 0.559. The van der Waals surface area contributed by atoms with Gasteiger partial charge in [0.15, 0.2) is 5.82 Å². The van der Waals surface area contributed by atoms with Crippen LogP contribution in [0.3, 0.4) is 0 Å². The molecule has 2 aromatic heterocycles. The number of nitrogens with zero attached hydrogens (tertiary/aromatic N) is 4. The lowest BCUT2D eigenvalue weighted by Gasteiger charge is -2.15. The van der Waals surface area contributed by atoms with Gasteiger partial charge < -0.3 is 10.6 Å². The maximum absolute atomic E-state index is 6.04. The first-order chi connectivity index (χ1) is 8.69. The normalized spacial score (nSPS) is 12.2. The first-order valence-corrected chi connectivity index (χ1v) is 6.01. The Morgan fingerprint density at radius 1 is 1.50 bits per heavy atom. The number of hydrogen-bond acceptors (Lipinski definition) is 5. The second-order valence-corrected chi connectivity index (χ2v) is 4.32. The van der Waals surface area contributed by atoms with Gasteiger partial charge in [-0.05, 0) is 13.0 Å². The number of anilines is 2. The van der Waals surface area contributed by atoms with E-state index in [1.165, 1.54) is 0 Å². The Bertz CT molecular complexity index is 498. The van der Waals surface area contributed by atoms with E-state index < -0.39 is 0 Å². The first-order valence-electron chi connectivity index (χ1n) is 5.63. The highest BCUT2D eigenvalue weighted by Gasteiger charge is 2.09. The maximum atomic E-state index is 6.04. The number of aromatic nitrogens is 4. The fourth-order valence-electron chi connectivity index (χ4n) is 1.56. The Morgan fingerprint density at radius 2 is 2.33 bits per heavy atom. The molecule has 0 amide bonds. The van der Waals surface area contributed by atoms with Gasteiger partial charge in [-0.25, -0.2) is 4.98 Å². The van der Waals surface area contributed by atoms with Crippen molar-refractivity contribution in [1.82, 2.24) is 19.7 Å². The third-order valence-corrected chi connectivity index (χ3v) is 2.65. The zero-order chi connectivity index (χ0) is 13.0. The Labute approximate surface area is 110 Å². The Hall–Kier alpha value is -1.82. The fourth-order valence-corrected chi connectivity index (χ4v) is 1.70. The van der Waals surface area contributed by atoms with Gasteiger partial charge in [-0.3, -0.25) is 4.68 Å². The zero-order valence-corrected chi connectivity index (χ0v) is 11.0. The SMILES string of the molecule is CNc1ncc(Cl)c(NC(C)Cn2cccn2)n1. The van der Waals surface area contributed by atoms with E-state index >= 15 is 0 Å². The monoisotopic (exact) mass is 266 g/mol. The summed E-state index contributed by atoms with van der Waals surface area (Å²) in [6.07, 6.45) is 5.24. The summed E-state index contributed by atoms with van der Waals surface area (Å²) in [6, 6.07) is 2.05. The average Bonchev–Trinajstić information content (AvgIpc) is 2.84. The number of hydrogen-bond donors (Lipinski definition) is 2. The molecule has 6 nitrogen and oxygen atoms in total. The molecule has 0 aliphatic heterocycles. The van der Waals surface area contributed by atoms with E-state index in [1.807, 2.05) is 23.9 Å². The molecule has 0 aliphatic carbocycles. The van der Waals surface area contributed by atoms with Crippen molar-refractivity contribution >= 4 is 23.4 Å². The van der Waals surface area contributed by atoms with E-state index in [2.05, 4.69) is 25.7 Å². The van der Waals surface area contributed by atoms with Crippen LogP contribution < -0.4 is 10.6 Å². The van der Waals surface area contributed by atoms with Crippen LogP contribution in [0.15, 0.2) is 24.7 Å². The largest absolute Gasteiger partial charge is 0.364 e. The van der Waals surface area contributed by atoms with E-state index in [0.717, 1.165) is 6.54 Å². The van der Waals surface area contributed by atoms with Crippen LogP contribution in [0.5, 0.6) is 0 Å². The van der Waals surface area contributed by atoms with Gasteiger partial charge in [0.05, 0.1) is 12.7 Å². The summed E-state index contributed by atoms with van der Waals surface area (Å²) in [4.78, 5) is 8.29. The van der Waals surface area contributed by atoms with Crippen LogP contribution in [0, 0.1) is 0 Å². The van der Waals surface area contributed by atoms with Crippen molar-refractivity contribution in [3.05, 3.63) is 29.7 Å². The predicted molar refractivity (Wildman–Crippen MR) is 71.9 cm³/mol. The van der Waals surface area contributed by atoms with Crippen LogP contribution in [0.2, 0.25) is 5.02 Å². The Kier molecular flexibility index (Phi) is 3.99. The highest BCUT2D eigenvalue weighted by atomic mass is 35.5. The van der Waals surface area contributed by atoms with Crippen molar-refractivity contribution in [1.29, 1.82) is 0 Å². The van der Waals surface area contributed by atoms with Gasteiger partial charge in [0, 0.05) is 25.5 Å². The van der Waals surface area contributed by atoms with E-state index in [9.17, 15) is 0 Å². The Morgan fingerprint density at radius 3 is 3.00 bits per heavy atom. The van der Waals surface area contributed by atoms with Crippen molar-refractivity contribution in [2.75, 3.05) is 17.7 Å². The van der Waals surface area contributed by atoms with Crippen LogP contribution in [-0.2, 0) is 6.54 Å². The summed E-state index contributed by atoms with van der Waals surface area (Å²) in [6.45, 7) is 2.78. The summed E-state index contributed by atoms with van der Waals surface area (Å²) in [7, 11) is 1.76. The van der Waals surface area contributed by atoms with Gasteiger partial charge in [0.25, 0.3) is 0 Å². The molecular weight excluding hydrogens is 252 g/mol. The standard InChI is InChI=1S/C11H15ClN6/c1-8(7-18-5-3-4-15-18)16-10-9(12)6-14-11(13-2)17-10/h3-6,8H,7H2,1-2H3,(H2,13,14,16,17). The molecule has 0 saturated carbocycles. The molecule has 96 valence electrons. The summed E-state index contributed by atoms with van der Waals surface area (Å²) in [5.41, 5.74) is 0. The molecule has 0 saturated heterocycles. The van der Waals surface area contributed by atoms with Gasteiger partial charge in [0.2, 0.25) is 5.95 Å². The highest BCUT2D eigenvalue weighted by Crippen LogP contribution is 2.20. The molecule has 0 bridgehead atoms. The number of halogens is 1. The molecule has 2 heterocycles. The summed E-state index contributed by atoms with van der Waals surface area (Å²) >= 11 is 6.04. The molecule has 0 aromatic carbocycles. The summed E-state index contributed by atoms with van der Waals surface area (Å²) < 4.78 is 1.85. The van der Waals surface area contributed by atoms with Crippen LogP contribution in [0.25, 0.3) is 0 Å². The first kappa shape index (κ1) is 12.6. The second kappa shape index (κ2) is 5.68. The average molecular weight is 267 g/mol. The molecule has 18 heavy (non-hydrogen) atoms. The van der Waals surface area contributed by atoms with E-state index in [0.29, 0.717) is 16.8 Å². The Balaban J connectivity index is 2.04. The molecule has 2 aromatic rings. The molecule has 2 N–H and O–H groups in total. The number of rotatable bonds is 5. The van der Waals surface area contributed by atoms with Gasteiger partial charge in [-0.1, -0.05) is 11.6 Å². The zero-order valence-electron chi connectivity index (χ0n) is 10.3. The molecule has 2 rings (SSSR count). The highest BCUT2D eigenvalue weighted by molar-refractivity contribution is 6.32. The molecule has 0 radical (unpaired) electrons. The third kappa shape index (κ3) is 3.10. The lowest BCUT2D eigenvalue weighted by atomic mass is 10.3. The van der Waals surface area contributed by atoms with Gasteiger partial charge in [-0.15, -0.1) is 0 Å². The topological polar surface area (TPSA) is 67.7 Å². The summed E-state index contributed by atoms with van der Waals surface area (Å²) in [5, 5.41) is 10.8. The van der Waals surface area contributed by atoms with Crippen LogP contribution in [0.1, 0.15) is 6.92 Å². The van der Waals surface area contributed by atoms with Crippen molar-refractivity contribution in [2.24, 2.45) is 0 Å². The summed E-state index contributed by atoms with van der Waals surface area (Å²) in [5.74, 6) is 1.16. The van der Waals surface area contributed by atoms with E-state index in [-0.39, 0.29) is 6.04 Å². The van der Waals surface area contributed by atoms with Crippen molar-refractivity contribution in [2.45, 2.75) is 19.5 Å². The predicted octanol–water partition coefficient (Wildman–Crippen LogP) is 1.87. The van der Waals surface area contributed by atoms with Gasteiger partial charge in [0.1, 0.15) is 5.02 Å². The molecule has 0 aliphatic rings.